The number of anilines is 1. The van der Waals surface area contributed by atoms with Crippen LogP contribution in [0.25, 0.3) is 0 Å². The van der Waals surface area contributed by atoms with Crippen LogP contribution in [0, 0.1) is 0 Å². The largest absolute Gasteiger partial charge is 0.352 e. The van der Waals surface area contributed by atoms with Gasteiger partial charge in [-0.3, -0.25) is 0 Å². The zero-order valence-corrected chi connectivity index (χ0v) is 9.27. The summed E-state index contributed by atoms with van der Waals surface area (Å²) in [5.41, 5.74) is 0. The van der Waals surface area contributed by atoms with Crippen molar-refractivity contribution in [3.05, 3.63) is 12.4 Å². The maximum absolute atomic E-state index is 4.23. The first-order valence-corrected chi connectivity index (χ1v) is 5.90. The number of nitrogens with zero attached hydrogens (tertiary/aromatic N) is 2. The predicted octanol–water partition coefficient (Wildman–Crippen LogP) is 1.97. The fraction of sp³-hybridized carbons (Fsp3) is 0.667. The first-order chi connectivity index (χ1) is 6.27. The van der Waals surface area contributed by atoms with Crippen molar-refractivity contribution >= 4 is 17.7 Å². The Balaban J connectivity index is 2.51. The van der Waals surface area contributed by atoms with E-state index in [9.17, 15) is 0 Å². The molecule has 0 aliphatic carbocycles. The summed E-state index contributed by atoms with van der Waals surface area (Å²) < 4.78 is 2.00. The van der Waals surface area contributed by atoms with Gasteiger partial charge in [-0.1, -0.05) is 6.92 Å². The van der Waals surface area contributed by atoms with E-state index in [1.165, 1.54) is 0 Å². The highest BCUT2D eigenvalue weighted by molar-refractivity contribution is 7.98. The van der Waals surface area contributed by atoms with Crippen molar-refractivity contribution in [3.63, 3.8) is 0 Å². The highest BCUT2D eigenvalue weighted by atomic mass is 32.2. The second-order valence-electron chi connectivity index (χ2n) is 3.07. The van der Waals surface area contributed by atoms with Gasteiger partial charge in [-0.15, -0.1) is 0 Å². The summed E-state index contributed by atoms with van der Waals surface area (Å²) >= 11 is 1.86. The van der Waals surface area contributed by atoms with Crippen molar-refractivity contribution in [2.24, 2.45) is 7.05 Å². The fourth-order valence-corrected chi connectivity index (χ4v) is 1.87. The third kappa shape index (κ3) is 2.95. The molecule has 0 saturated carbocycles. The summed E-state index contributed by atoms with van der Waals surface area (Å²) in [6, 6.07) is 0.524. The van der Waals surface area contributed by atoms with Crippen molar-refractivity contribution in [2.75, 3.05) is 17.3 Å². The molecule has 1 heterocycles. The average Bonchev–Trinajstić information content (AvgIpc) is 2.51. The van der Waals surface area contributed by atoms with Gasteiger partial charge in [0, 0.05) is 31.2 Å². The number of aryl methyl sites for hydroxylation is 1. The minimum Gasteiger partial charge on any atom is -0.352 e. The molecule has 0 radical (unpaired) electrons. The van der Waals surface area contributed by atoms with Crippen molar-refractivity contribution in [2.45, 2.75) is 19.4 Å². The molecule has 1 aromatic heterocycles. The normalized spacial score (nSPS) is 12.8. The van der Waals surface area contributed by atoms with E-state index < -0.39 is 0 Å². The number of hydrogen-bond acceptors (Lipinski definition) is 3. The zero-order chi connectivity index (χ0) is 9.68. The molecule has 1 N–H and O–H groups in total. The molecule has 0 aromatic carbocycles. The van der Waals surface area contributed by atoms with Gasteiger partial charge in [0.25, 0.3) is 0 Å². The minimum atomic E-state index is 0.524. The molecule has 13 heavy (non-hydrogen) atoms. The molecule has 0 bridgehead atoms. The van der Waals surface area contributed by atoms with E-state index in [0.29, 0.717) is 6.04 Å². The Morgan fingerprint density at radius 3 is 2.92 bits per heavy atom. The zero-order valence-electron chi connectivity index (χ0n) is 8.45. The Bertz CT molecular complexity index is 247. The number of hydrogen-bond donors (Lipinski definition) is 1. The number of thioether (sulfide) groups is 1. The molecule has 0 aliphatic rings. The third-order valence-electron chi connectivity index (χ3n) is 2.02. The van der Waals surface area contributed by atoms with Gasteiger partial charge in [-0.2, -0.15) is 11.8 Å². The van der Waals surface area contributed by atoms with Gasteiger partial charge < -0.3 is 9.88 Å². The first-order valence-electron chi connectivity index (χ1n) is 4.50. The van der Waals surface area contributed by atoms with E-state index in [-0.39, 0.29) is 0 Å². The van der Waals surface area contributed by atoms with Crippen molar-refractivity contribution in [1.29, 1.82) is 0 Å². The Morgan fingerprint density at radius 2 is 2.46 bits per heavy atom. The van der Waals surface area contributed by atoms with E-state index in [1.807, 2.05) is 35.8 Å². The van der Waals surface area contributed by atoms with Crippen LogP contribution in [0.2, 0.25) is 0 Å². The molecule has 0 spiro atoms. The lowest BCUT2D eigenvalue weighted by Gasteiger charge is -2.16. The Hall–Kier alpha value is -0.640. The van der Waals surface area contributed by atoms with Gasteiger partial charge in [0.1, 0.15) is 0 Å². The SMILES string of the molecule is CCC(CSC)Nc1nccn1C. The topological polar surface area (TPSA) is 29.9 Å². The van der Waals surface area contributed by atoms with E-state index in [2.05, 4.69) is 23.5 Å². The molecule has 1 rings (SSSR count). The number of imidazole rings is 1. The van der Waals surface area contributed by atoms with Gasteiger partial charge in [0.2, 0.25) is 5.95 Å². The molecular weight excluding hydrogens is 182 g/mol. The highest BCUT2D eigenvalue weighted by Gasteiger charge is 2.07. The molecule has 0 saturated heterocycles. The lowest BCUT2D eigenvalue weighted by molar-refractivity contribution is 0.749. The van der Waals surface area contributed by atoms with Crippen molar-refractivity contribution < 1.29 is 0 Å². The Morgan fingerprint density at radius 1 is 1.69 bits per heavy atom. The van der Waals surface area contributed by atoms with Crippen LogP contribution in [0.15, 0.2) is 12.4 Å². The second-order valence-corrected chi connectivity index (χ2v) is 3.98. The number of rotatable bonds is 5. The van der Waals surface area contributed by atoms with E-state index >= 15 is 0 Å². The molecule has 0 aliphatic heterocycles. The van der Waals surface area contributed by atoms with E-state index in [1.54, 1.807) is 0 Å². The molecule has 0 fully saturated rings. The van der Waals surface area contributed by atoms with Gasteiger partial charge in [-0.05, 0) is 12.7 Å². The van der Waals surface area contributed by atoms with Gasteiger partial charge in [0.05, 0.1) is 0 Å². The Labute approximate surface area is 83.9 Å². The van der Waals surface area contributed by atoms with Crippen LogP contribution in [0.1, 0.15) is 13.3 Å². The molecule has 4 heteroatoms. The number of aromatic nitrogens is 2. The lowest BCUT2D eigenvalue weighted by atomic mass is 10.3. The summed E-state index contributed by atoms with van der Waals surface area (Å²) in [7, 11) is 2.00. The maximum atomic E-state index is 4.23. The Kier molecular flexibility index (Phi) is 4.15. The van der Waals surface area contributed by atoms with Crippen LogP contribution in [0.4, 0.5) is 5.95 Å². The summed E-state index contributed by atoms with van der Waals surface area (Å²) in [6.07, 6.45) is 7.03. The highest BCUT2D eigenvalue weighted by Crippen LogP contribution is 2.09. The van der Waals surface area contributed by atoms with Crippen molar-refractivity contribution in [3.8, 4) is 0 Å². The monoisotopic (exact) mass is 199 g/mol. The average molecular weight is 199 g/mol. The standard InChI is InChI=1S/C9H17N3S/c1-4-8(7-13-3)11-9-10-5-6-12(9)2/h5-6,8H,4,7H2,1-3H3,(H,10,11). The van der Waals surface area contributed by atoms with Gasteiger partial charge in [0.15, 0.2) is 0 Å². The summed E-state index contributed by atoms with van der Waals surface area (Å²) in [6.45, 7) is 2.19. The van der Waals surface area contributed by atoms with E-state index in [4.69, 9.17) is 0 Å². The van der Waals surface area contributed by atoms with E-state index in [0.717, 1.165) is 18.1 Å². The summed E-state index contributed by atoms with van der Waals surface area (Å²) in [5, 5.41) is 3.41. The molecule has 1 aromatic rings. The van der Waals surface area contributed by atoms with Gasteiger partial charge in [-0.25, -0.2) is 4.98 Å². The maximum Gasteiger partial charge on any atom is 0.202 e. The van der Waals surface area contributed by atoms with Crippen LogP contribution >= 0.6 is 11.8 Å². The molecule has 3 nitrogen and oxygen atoms in total. The van der Waals surface area contributed by atoms with Crippen LogP contribution in [-0.2, 0) is 7.05 Å². The first kappa shape index (κ1) is 10.4. The lowest BCUT2D eigenvalue weighted by Crippen LogP contribution is -2.22. The summed E-state index contributed by atoms with van der Waals surface area (Å²) in [4.78, 5) is 4.23. The predicted molar refractivity (Wildman–Crippen MR) is 59.3 cm³/mol. The third-order valence-corrected chi connectivity index (χ3v) is 2.75. The molecule has 74 valence electrons. The van der Waals surface area contributed by atoms with Crippen LogP contribution < -0.4 is 5.32 Å². The fourth-order valence-electron chi connectivity index (χ4n) is 1.15. The molecule has 1 atom stereocenters. The van der Waals surface area contributed by atoms with Crippen LogP contribution in [-0.4, -0.2) is 27.6 Å². The summed E-state index contributed by atoms with van der Waals surface area (Å²) in [5.74, 6) is 2.09. The number of nitrogens with one attached hydrogen (secondary N) is 1. The second kappa shape index (κ2) is 5.17. The molecule has 0 amide bonds. The molecule has 1 unspecified atom stereocenters. The molecular formula is C9H17N3S. The van der Waals surface area contributed by atoms with Crippen molar-refractivity contribution in [1.82, 2.24) is 9.55 Å². The van der Waals surface area contributed by atoms with Crippen LogP contribution in [0.5, 0.6) is 0 Å². The smallest absolute Gasteiger partial charge is 0.202 e. The quantitative estimate of drug-likeness (QED) is 0.786. The minimum absolute atomic E-state index is 0.524. The van der Waals surface area contributed by atoms with Gasteiger partial charge >= 0.3 is 0 Å². The van der Waals surface area contributed by atoms with Crippen LogP contribution in [0.3, 0.4) is 0 Å².